The third-order valence-corrected chi connectivity index (χ3v) is 5.62. The summed E-state index contributed by atoms with van der Waals surface area (Å²) in [5.74, 6) is 0.957. The van der Waals surface area contributed by atoms with Crippen LogP contribution in [0.3, 0.4) is 0 Å². The van der Waals surface area contributed by atoms with Gasteiger partial charge in [0.1, 0.15) is 30.0 Å². The zero-order valence-electron chi connectivity index (χ0n) is 20.3. The van der Waals surface area contributed by atoms with Crippen molar-refractivity contribution < 1.29 is 28.5 Å². The summed E-state index contributed by atoms with van der Waals surface area (Å²) in [7, 11) is 2.84. The minimum atomic E-state index is -0.763. The van der Waals surface area contributed by atoms with E-state index in [-0.39, 0.29) is 12.3 Å². The molecule has 1 saturated heterocycles. The highest BCUT2D eigenvalue weighted by atomic mass is 16.5. The van der Waals surface area contributed by atoms with Gasteiger partial charge in [0.25, 0.3) is 0 Å². The Labute approximate surface area is 205 Å². The van der Waals surface area contributed by atoms with E-state index in [0.717, 1.165) is 44.2 Å². The Morgan fingerprint density at radius 3 is 2.49 bits per heavy atom. The highest BCUT2D eigenvalue weighted by Crippen LogP contribution is 2.14. The fourth-order valence-electron chi connectivity index (χ4n) is 3.60. The molecule has 0 spiro atoms. The largest absolute Gasteiger partial charge is 0.495 e. The number of carbonyl (C=O) groups is 2. The number of ether oxygens (including phenoxy) is 4. The first-order valence-corrected chi connectivity index (χ1v) is 11.7. The summed E-state index contributed by atoms with van der Waals surface area (Å²) in [6, 6.07) is 10.5. The summed E-state index contributed by atoms with van der Waals surface area (Å²) in [5.41, 5.74) is 1.09. The molecule has 1 unspecified atom stereocenters. The van der Waals surface area contributed by atoms with E-state index in [0.29, 0.717) is 31.1 Å². The molecule has 1 atom stereocenters. The number of methoxy groups -OCH3 is 2. The van der Waals surface area contributed by atoms with Crippen LogP contribution in [0.5, 0.6) is 11.5 Å². The molecule has 2 aromatic rings. The minimum Gasteiger partial charge on any atom is -0.495 e. The molecule has 0 aliphatic carbocycles. The van der Waals surface area contributed by atoms with Crippen LogP contribution in [-0.4, -0.2) is 88.0 Å². The molecule has 0 radical (unpaired) electrons. The second-order valence-corrected chi connectivity index (χ2v) is 8.06. The maximum absolute atomic E-state index is 12.4. The van der Waals surface area contributed by atoms with Crippen molar-refractivity contribution in [3.8, 4) is 11.5 Å². The van der Waals surface area contributed by atoms with Gasteiger partial charge >= 0.3 is 5.97 Å². The molecule has 0 saturated carbocycles. The van der Waals surface area contributed by atoms with Crippen LogP contribution in [0.25, 0.3) is 0 Å². The minimum absolute atomic E-state index is 0.0731. The van der Waals surface area contributed by atoms with Crippen molar-refractivity contribution in [2.24, 2.45) is 0 Å². The van der Waals surface area contributed by atoms with Crippen LogP contribution in [0.1, 0.15) is 12.0 Å². The Morgan fingerprint density at radius 1 is 1.09 bits per heavy atom. The highest BCUT2D eigenvalue weighted by Gasteiger charge is 2.22. The second-order valence-electron chi connectivity index (χ2n) is 8.06. The molecule has 1 amide bonds. The average Bonchev–Trinajstić information content (AvgIpc) is 2.89. The first kappa shape index (κ1) is 26.4. The smallest absolute Gasteiger partial charge is 0.323 e. The lowest BCUT2D eigenvalue weighted by Gasteiger charge is -2.26. The van der Waals surface area contributed by atoms with Crippen LogP contribution in [0, 0.1) is 0 Å². The van der Waals surface area contributed by atoms with Gasteiger partial charge in [-0.1, -0.05) is 12.1 Å². The Morgan fingerprint density at radius 2 is 1.83 bits per heavy atom. The maximum Gasteiger partial charge on any atom is 0.323 e. The summed E-state index contributed by atoms with van der Waals surface area (Å²) in [5, 5.41) is 5.79. The van der Waals surface area contributed by atoms with Crippen LogP contribution in [0.2, 0.25) is 0 Å². The molecular weight excluding hydrogens is 452 g/mol. The SMILES string of the molecule is COC(=O)C(CC(=O)Nc1ccc(OC)cn1)NCCc1ccc(OCCN2CCOCC2)cc1. The molecule has 10 heteroatoms. The highest BCUT2D eigenvalue weighted by molar-refractivity contribution is 5.93. The van der Waals surface area contributed by atoms with Gasteiger partial charge in [-0.05, 0) is 42.8 Å². The lowest BCUT2D eigenvalue weighted by atomic mass is 10.1. The number of pyridine rings is 1. The Kier molecular flexibility index (Phi) is 10.7. The topological polar surface area (TPSA) is 111 Å². The first-order chi connectivity index (χ1) is 17.1. The van der Waals surface area contributed by atoms with Crippen LogP contribution >= 0.6 is 0 Å². The fourth-order valence-corrected chi connectivity index (χ4v) is 3.60. The summed E-state index contributed by atoms with van der Waals surface area (Å²) in [4.78, 5) is 31.0. The summed E-state index contributed by atoms with van der Waals surface area (Å²) in [6.07, 6.45) is 2.12. The van der Waals surface area contributed by atoms with E-state index in [4.69, 9.17) is 18.9 Å². The molecule has 0 bridgehead atoms. The maximum atomic E-state index is 12.4. The van der Waals surface area contributed by atoms with Gasteiger partial charge in [0, 0.05) is 19.6 Å². The second kappa shape index (κ2) is 14.2. The lowest BCUT2D eigenvalue weighted by Crippen LogP contribution is -2.41. The van der Waals surface area contributed by atoms with Gasteiger partial charge in [0.05, 0.1) is 40.1 Å². The molecule has 3 rings (SSSR count). The third kappa shape index (κ3) is 9.16. The number of anilines is 1. The van der Waals surface area contributed by atoms with E-state index in [1.807, 2.05) is 24.3 Å². The summed E-state index contributed by atoms with van der Waals surface area (Å²) in [6.45, 7) is 5.48. The lowest BCUT2D eigenvalue weighted by molar-refractivity contribution is -0.144. The van der Waals surface area contributed by atoms with Gasteiger partial charge in [-0.25, -0.2) is 4.98 Å². The van der Waals surface area contributed by atoms with Crippen molar-refractivity contribution in [3.05, 3.63) is 48.2 Å². The number of benzene rings is 1. The van der Waals surface area contributed by atoms with Crippen molar-refractivity contribution >= 4 is 17.7 Å². The van der Waals surface area contributed by atoms with Gasteiger partial charge in [-0.3, -0.25) is 14.5 Å². The quantitative estimate of drug-likeness (QED) is 0.407. The van der Waals surface area contributed by atoms with Gasteiger partial charge < -0.3 is 29.6 Å². The molecular formula is C25H34N4O6. The molecule has 1 aromatic heterocycles. The number of rotatable bonds is 13. The zero-order chi connectivity index (χ0) is 24.9. The number of esters is 1. The zero-order valence-corrected chi connectivity index (χ0v) is 20.3. The number of aromatic nitrogens is 1. The monoisotopic (exact) mass is 486 g/mol. The van der Waals surface area contributed by atoms with Crippen molar-refractivity contribution in [3.63, 3.8) is 0 Å². The van der Waals surface area contributed by atoms with Gasteiger partial charge in [0.2, 0.25) is 5.91 Å². The van der Waals surface area contributed by atoms with E-state index < -0.39 is 12.0 Å². The van der Waals surface area contributed by atoms with Crippen molar-refractivity contribution in [1.29, 1.82) is 0 Å². The van der Waals surface area contributed by atoms with Gasteiger partial charge in [-0.2, -0.15) is 0 Å². The number of amides is 1. The molecule has 1 aromatic carbocycles. The first-order valence-electron chi connectivity index (χ1n) is 11.7. The van der Waals surface area contributed by atoms with Crippen molar-refractivity contribution in [2.45, 2.75) is 18.9 Å². The number of nitrogens with one attached hydrogen (secondary N) is 2. The molecule has 1 aliphatic rings. The summed E-state index contributed by atoms with van der Waals surface area (Å²) >= 11 is 0. The number of hydrogen-bond donors (Lipinski definition) is 2. The molecule has 2 N–H and O–H groups in total. The van der Waals surface area contributed by atoms with Crippen LogP contribution in [-0.2, 0) is 25.5 Å². The van der Waals surface area contributed by atoms with Gasteiger partial charge in [-0.15, -0.1) is 0 Å². The van der Waals surface area contributed by atoms with E-state index in [1.54, 1.807) is 12.1 Å². The molecule has 1 fully saturated rings. The average molecular weight is 487 g/mol. The van der Waals surface area contributed by atoms with Crippen molar-refractivity contribution in [1.82, 2.24) is 15.2 Å². The molecule has 2 heterocycles. The predicted molar refractivity (Wildman–Crippen MR) is 131 cm³/mol. The fraction of sp³-hybridized carbons (Fsp3) is 0.480. The van der Waals surface area contributed by atoms with Crippen molar-refractivity contribution in [2.75, 3.05) is 65.5 Å². The Bertz CT molecular complexity index is 917. The molecule has 1 aliphatic heterocycles. The molecule has 190 valence electrons. The number of nitrogens with zero attached hydrogens (tertiary/aromatic N) is 2. The number of hydrogen-bond acceptors (Lipinski definition) is 9. The predicted octanol–water partition coefficient (Wildman–Crippen LogP) is 1.50. The van der Waals surface area contributed by atoms with E-state index in [2.05, 4.69) is 20.5 Å². The van der Waals surface area contributed by atoms with Gasteiger partial charge in [0.15, 0.2) is 0 Å². The summed E-state index contributed by atoms with van der Waals surface area (Å²) < 4.78 is 21.1. The number of carbonyl (C=O) groups excluding carboxylic acids is 2. The standard InChI is InChI=1S/C25H34N4O6/c1-32-21-7-8-23(27-18-21)28-24(30)17-22(25(31)33-2)26-10-9-19-3-5-20(6-4-19)35-16-13-29-11-14-34-15-12-29/h3-8,18,22,26H,9-17H2,1-2H3,(H,27,28,30). The van der Waals surface area contributed by atoms with E-state index >= 15 is 0 Å². The van der Waals surface area contributed by atoms with Crippen LogP contribution in [0.15, 0.2) is 42.6 Å². The van der Waals surface area contributed by atoms with E-state index in [9.17, 15) is 9.59 Å². The Hall–Kier alpha value is -3.21. The molecule has 35 heavy (non-hydrogen) atoms. The van der Waals surface area contributed by atoms with Crippen LogP contribution in [0.4, 0.5) is 5.82 Å². The number of morpholine rings is 1. The normalized spacial score (nSPS) is 14.7. The molecule has 10 nitrogen and oxygen atoms in total. The van der Waals surface area contributed by atoms with E-state index in [1.165, 1.54) is 20.4 Å². The Balaban J connectivity index is 1.40. The van der Waals surface area contributed by atoms with Crippen LogP contribution < -0.4 is 20.1 Å². The third-order valence-electron chi connectivity index (χ3n) is 5.62.